The average molecular weight is 556 g/mol. The van der Waals surface area contributed by atoms with Crippen LogP contribution in [0.2, 0.25) is 0 Å². The number of carbonyl (C=O) groups is 2. The molecule has 0 aliphatic carbocycles. The Kier molecular flexibility index (Phi) is 8.22. The molecule has 2 N–H and O–H groups in total. The van der Waals surface area contributed by atoms with Crippen molar-refractivity contribution in [2.75, 3.05) is 35.3 Å². The molecule has 1 aromatic heterocycles. The molecule has 0 atom stereocenters. The van der Waals surface area contributed by atoms with E-state index in [4.69, 9.17) is 4.74 Å². The van der Waals surface area contributed by atoms with E-state index >= 15 is 0 Å². The van der Waals surface area contributed by atoms with Gasteiger partial charge in [0, 0.05) is 37.9 Å². The molecule has 0 saturated carbocycles. The zero-order valence-corrected chi connectivity index (χ0v) is 22.8. The van der Waals surface area contributed by atoms with Gasteiger partial charge < -0.3 is 20.3 Å². The molecule has 0 bridgehead atoms. The highest BCUT2D eigenvalue weighted by atomic mass is 19.4. The monoisotopic (exact) mass is 555 g/mol. The van der Waals surface area contributed by atoms with Crippen molar-refractivity contribution in [3.05, 3.63) is 71.8 Å². The fourth-order valence-corrected chi connectivity index (χ4v) is 4.23. The Bertz CT molecular complexity index is 1370. The third kappa shape index (κ3) is 7.22. The highest BCUT2D eigenvalue weighted by Gasteiger charge is 2.31. The molecule has 11 heteroatoms. The molecule has 0 saturated heterocycles. The number of pyridine rings is 1. The van der Waals surface area contributed by atoms with Gasteiger partial charge in [-0.3, -0.25) is 4.90 Å². The summed E-state index contributed by atoms with van der Waals surface area (Å²) in [6.07, 6.45) is -4.32. The Morgan fingerprint density at radius 1 is 1.00 bits per heavy atom. The Morgan fingerprint density at radius 2 is 1.73 bits per heavy atom. The minimum absolute atomic E-state index is 0.261. The Balaban J connectivity index is 1.52. The van der Waals surface area contributed by atoms with Crippen molar-refractivity contribution in [2.45, 2.75) is 45.5 Å². The molecule has 8 nitrogen and oxygen atoms in total. The Hall–Kier alpha value is -4.28. The molecule has 2 heterocycles. The number of halogens is 3. The molecular weight excluding hydrogens is 523 g/mol. The average Bonchev–Trinajstić information content (AvgIpc) is 3.05. The standard InChI is InChI=1S/C29H32F3N5O3/c1-28(2,3)40-27(39)33-18-19-9-11-22(12-10-19)34-26(38)37-16-6-15-36(4)24-14-13-23(35-25(24)37)20-7-5-8-21(17-20)29(30,31)32/h5,7-14,17H,6,15-16,18H2,1-4H3,(H,33,39)(H,34,38). The van der Waals surface area contributed by atoms with E-state index in [1.807, 2.05) is 11.9 Å². The van der Waals surface area contributed by atoms with Crippen LogP contribution in [0.5, 0.6) is 0 Å². The number of urea groups is 1. The van der Waals surface area contributed by atoms with E-state index in [0.29, 0.717) is 48.0 Å². The summed E-state index contributed by atoms with van der Waals surface area (Å²) in [6, 6.07) is 15.0. The first-order valence-corrected chi connectivity index (χ1v) is 12.8. The van der Waals surface area contributed by atoms with Gasteiger partial charge in [0.1, 0.15) is 5.60 Å². The van der Waals surface area contributed by atoms with E-state index in [0.717, 1.165) is 17.7 Å². The molecule has 0 unspecified atom stereocenters. The number of alkyl halides is 3. The zero-order valence-electron chi connectivity index (χ0n) is 22.8. The lowest BCUT2D eigenvalue weighted by Crippen LogP contribution is -2.36. The summed E-state index contributed by atoms with van der Waals surface area (Å²) >= 11 is 0. The van der Waals surface area contributed by atoms with Crippen molar-refractivity contribution >= 4 is 29.3 Å². The van der Waals surface area contributed by atoms with E-state index in [9.17, 15) is 22.8 Å². The topological polar surface area (TPSA) is 86.8 Å². The van der Waals surface area contributed by atoms with Crippen molar-refractivity contribution in [2.24, 2.45) is 0 Å². The molecule has 0 radical (unpaired) electrons. The molecule has 1 aliphatic rings. The number of aromatic nitrogens is 1. The summed E-state index contributed by atoms with van der Waals surface area (Å²) in [4.78, 5) is 33.4. The van der Waals surface area contributed by atoms with Crippen molar-refractivity contribution < 1.29 is 27.5 Å². The molecule has 1 aliphatic heterocycles. The smallest absolute Gasteiger partial charge is 0.416 e. The van der Waals surface area contributed by atoms with Gasteiger partial charge in [-0.05, 0) is 69.2 Å². The first-order valence-electron chi connectivity index (χ1n) is 12.8. The maximum Gasteiger partial charge on any atom is 0.416 e. The number of rotatable bonds is 4. The summed E-state index contributed by atoms with van der Waals surface area (Å²) in [5, 5.41) is 5.56. The van der Waals surface area contributed by atoms with E-state index in [2.05, 4.69) is 15.6 Å². The quantitative estimate of drug-likeness (QED) is 0.376. The minimum Gasteiger partial charge on any atom is -0.444 e. The number of alkyl carbamates (subject to hydrolysis) is 1. The molecule has 40 heavy (non-hydrogen) atoms. The van der Waals surface area contributed by atoms with Crippen molar-refractivity contribution in [3.63, 3.8) is 0 Å². The first-order chi connectivity index (χ1) is 18.8. The maximum atomic E-state index is 13.4. The normalized spacial score (nSPS) is 13.8. The Labute approximate surface area is 231 Å². The van der Waals surface area contributed by atoms with Gasteiger partial charge in [-0.15, -0.1) is 0 Å². The molecule has 2 aromatic carbocycles. The SMILES string of the molecule is CN1CCCN(C(=O)Nc2ccc(CNC(=O)OC(C)(C)C)cc2)c2nc(-c3cccc(C(F)(F)F)c3)ccc21. The number of benzene rings is 2. The van der Waals surface area contributed by atoms with Crippen LogP contribution in [-0.2, 0) is 17.5 Å². The van der Waals surface area contributed by atoms with Crippen LogP contribution >= 0.6 is 0 Å². The molecule has 3 amide bonds. The highest BCUT2D eigenvalue weighted by molar-refractivity contribution is 6.03. The lowest BCUT2D eigenvalue weighted by Gasteiger charge is -2.24. The number of fused-ring (bicyclic) bond motifs is 1. The van der Waals surface area contributed by atoms with Gasteiger partial charge in [0.15, 0.2) is 5.82 Å². The fourth-order valence-electron chi connectivity index (χ4n) is 4.23. The number of carbonyl (C=O) groups excluding carboxylic acids is 2. The maximum absolute atomic E-state index is 13.4. The largest absolute Gasteiger partial charge is 0.444 e. The third-order valence-corrected chi connectivity index (χ3v) is 6.17. The zero-order chi connectivity index (χ0) is 29.1. The van der Waals surface area contributed by atoms with E-state index < -0.39 is 29.5 Å². The number of amides is 3. The number of ether oxygens (including phenoxy) is 1. The van der Waals surface area contributed by atoms with Crippen LogP contribution in [0.3, 0.4) is 0 Å². The molecular formula is C29H32F3N5O3. The number of nitrogens with one attached hydrogen (secondary N) is 2. The van der Waals surface area contributed by atoms with Crippen LogP contribution in [0.25, 0.3) is 11.3 Å². The summed E-state index contributed by atoms with van der Waals surface area (Å²) in [7, 11) is 1.88. The highest BCUT2D eigenvalue weighted by Crippen LogP contribution is 2.35. The predicted octanol–water partition coefficient (Wildman–Crippen LogP) is 6.67. The van der Waals surface area contributed by atoms with Crippen LogP contribution in [0.1, 0.15) is 38.3 Å². The first kappa shape index (κ1) is 28.7. The van der Waals surface area contributed by atoms with Crippen LogP contribution in [0, 0.1) is 0 Å². The van der Waals surface area contributed by atoms with Crippen molar-refractivity contribution in [1.29, 1.82) is 0 Å². The van der Waals surface area contributed by atoms with Gasteiger partial charge in [-0.25, -0.2) is 14.6 Å². The minimum atomic E-state index is -4.48. The van der Waals surface area contributed by atoms with Gasteiger partial charge in [-0.2, -0.15) is 13.2 Å². The second kappa shape index (κ2) is 11.4. The van der Waals surface area contributed by atoms with Gasteiger partial charge in [0.2, 0.25) is 0 Å². The molecule has 212 valence electrons. The van der Waals surface area contributed by atoms with E-state index in [1.165, 1.54) is 11.0 Å². The third-order valence-electron chi connectivity index (χ3n) is 6.17. The van der Waals surface area contributed by atoms with Crippen LogP contribution in [-0.4, -0.2) is 42.8 Å². The van der Waals surface area contributed by atoms with Crippen LogP contribution in [0.4, 0.5) is 40.0 Å². The second-order valence-corrected chi connectivity index (χ2v) is 10.5. The van der Waals surface area contributed by atoms with Crippen molar-refractivity contribution in [1.82, 2.24) is 10.3 Å². The number of nitrogens with zero attached hydrogens (tertiary/aromatic N) is 3. The van der Waals surface area contributed by atoms with Gasteiger partial charge >= 0.3 is 18.3 Å². The number of anilines is 3. The summed E-state index contributed by atoms with van der Waals surface area (Å²) < 4.78 is 45.1. The number of hydrogen-bond donors (Lipinski definition) is 2. The van der Waals surface area contributed by atoms with Crippen LogP contribution in [0.15, 0.2) is 60.7 Å². The van der Waals surface area contributed by atoms with Gasteiger partial charge in [0.05, 0.1) is 16.9 Å². The van der Waals surface area contributed by atoms with Gasteiger partial charge in [0.25, 0.3) is 0 Å². The lowest BCUT2D eigenvalue weighted by molar-refractivity contribution is -0.137. The van der Waals surface area contributed by atoms with Crippen LogP contribution < -0.4 is 20.4 Å². The molecule has 4 rings (SSSR count). The Morgan fingerprint density at radius 3 is 2.40 bits per heavy atom. The number of hydrogen-bond acceptors (Lipinski definition) is 5. The molecule has 0 spiro atoms. The van der Waals surface area contributed by atoms with E-state index in [1.54, 1.807) is 63.2 Å². The lowest BCUT2D eigenvalue weighted by atomic mass is 10.1. The fraction of sp³-hybridized carbons (Fsp3) is 0.345. The summed E-state index contributed by atoms with van der Waals surface area (Å²) in [5.74, 6) is 0.366. The van der Waals surface area contributed by atoms with Gasteiger partial charge in [-0.1, -0.05) is 24.3 Å². The van der Waals surface area contributed by atoms with Crippen molar-refractivity contribution in [3.8, 4) is 11.3 Å². The van der Waals surface area contributed by atoms with E-state index in [-0.39, 0.29) is 6.54 Å². The second-order valence-electron chi connectivity index (χ2n) is 10.5. The predicted molar refractivity (Wildman–Crippen MR) is 148 cm³/mol. The molecule has 0 fully saturated rings. The molecule has 3 aromatic rings. The summed E-state index contributed by atoms with van der Waals surface area (Å²) in [6.45, 7) is 6.67. The summed E-state index contributed by atoms with van der Waals surface area (Å²) in [5.41, 5.74) is 1.34.